The fraction of sp³-hybridized carbons (Fsp3) is 0.304. The molecule has 0 radical (unpaired) electrons. The van der Waals surface area contributed by atoms with Crippen molar-refractivity contribution in [3.05, 3.63) is 59.5 Å². The standard InChI is InChI=1S/C23H27N3O3S/c1-4-17-8-7-9-18(14-17)29-15-22(27)25-23-24-20(16-30-23)19-10-5-6-11-21(19)28-13-12-26(2)3/h5-11,14,16H,4,12-13,15H2,1-3H3,(H,24,25,27). The third kappa shape index (κ3) is 6.30. The molecule has 1 aromatic heterocycles. The van der Waals surface area contributed by atoms with Crippen LogP contribution >= 0.6 is 11.3 Å². The molecule has 0 fully saturated rings. The minimum absolute atomic E-state index is 0.0632. The maximum atomic E-state index is 12.3. The molecule has 2 aromatic carbocycles. The van der Waals surface area contributed by atoms with Gasteiger partial charge in [0.2, 0.25) is 0 Å². The van der Waals surface area contributed by atoms with Crippen LogP contribution in [-0.2, 0) is 11.2 Å². The van der Waals surface area contributed by atoms with Gasteiger partial charge < -0.3 is 14.4 Å². The second-order valence-corrected chi connectivity index (χ2v) is 7.88. The van der Waals surface area contributed by atoms with E-state index in [1.54, 1.807) is 0 Å². The predicted molar refractivity (Wildman–Crippen MR) is 122 cm³/mol. The SMILES string of the molecule is CCc1cccc(OCC(=O)Nc2nc(-c3ccccc3OCCN(C)C)cs2)c1. The Morgan fingerprint density at radius 2 is 1.97 bits per heavy atom. The number of thiazole rings is 1. The summed E-state index contributed by atoms with van der Waals surface area (Å²) in [5.74, 6) is 1.23. The van der Waals surface area contributed by atoms with Crippen LogP contribution in [-0.4, -0.2) is 49.6 Å². The van der Waals surface area contributed by atoms with Gasteiger partial charge in [0.15, 0.2) is 11.7 Å². The fourth-order valence-electron chi connectivity index (χ4n) is 2.76. The summed E-state index contributed by atoms with van der Waals surface area (Å²) in [5.41, 5.74) is 2.84. The molecular weight excluding hydrogens is 398 g/mol. The number of amides is 1. The van der Waals surface area contributed by atoms with Crippen LogP contribution in [0, 0.1) is 0 Å². The molecule has 0 aliphatic rings. The van der Waals surface area contributed by atoms with E-state index in [0.29, 0.717) is 17.5 Å². The smallest absolute Gasteiger partial charge is 0.264 e. The lowest BCUT2D eigenvalue weighted by Gasteiger charge is -2.13. The van der Waals surface area contributed by atoms with Crippen LogP contribution in [0.1, 0.15) is 12.5 Å². The fourth-order valence-corrected chi connectivity index (χ4v) is 3.48. The van der Waals surface area contributed by atoms with Gasteiger partial charge in [-0.15, -0.1) is 11.3 Å². The number of nitrogens with zero attached hydrogens (tertiary/aromatic N) is 2. The Morgan fingerprint density at radius 1 is 1.13 bits per heavy atom. The van der Waals surface area contributed by atoms with Crippen LogP contribution in [0.2, 0.25) is 0 Å². The molecule has 0 atom stereocenters. The van der Waals surface area contributed by atoms with Crippen molar-refractivity contribution in [3.63, 3.8) is 0 Å². The Bertz CT molecular complexity index is 972. The number of hydrogen-bond donors (Lipinski definition) is 1. The number of ether oxygens (including phenoxy) is 2. The minimum atomic E-state index is -0.242. The number of hydrogen-bond acceptors (Lipinski definition) is 6. The van der Waals surface area contributed by atoms with Gasteiger partial charge in [0.05, 0.1) is 5.69 Å². The predicted octanol–water partition coefficient (Wildman–Crippen LogP) is 4.33. The highest BCUT2D eigenvalue weighted by molar-refractivity contribution is 7.14. The lowest BCUT2D eigenvalue weighted by Crippen LogP contribution is -2.20. The lowest BCUT2D eigenvalue weighted by atomic mass is 10.1. The number of anilines is 1. The molecule has 1 N–H and O–H groups in total. The lowest BCUT2D eigenvalue weighted by molar-refractivity contribution is -0.118. The van der Waals surface area contributed by atoms with Crippen molar-refractivity contribution < 1.29 is 14.3 Å². The normalized spacial score (nSPS) is 10.8. The Kier molecular flexibility index (Phi) is 7.82. The van der Waals surface area contributed by atoms with E-state index >= 15 is 0 Å². The van der Waals surface area contributed by atoms with E-state index in [2.05, 4.69) is 22.1 Å². The molecule has 0 unspecified atom stereocenters. The molecule has 0 saturated heterocycles. The number of benzene rings is 2. The first-order valence-electron chi connectivity index (χ1n) is 9.89. The molecule has 0 saturated carbocycles. The molecule has 3 aromatic rings. The molecule has 3 rings (SSSR count). The van der Waals surface area contributed by atoms with Crippen molar-refractivity contribution in [2.75, 3.05) is 39.2 Å². The number of rotatable bonds is 10. The topological polar surface area (TPSA) is 63.7 Å². The summed E-state index contributed by atoms with van der Waals surface area (Å²) in [6, 6.07) is 15.5. The molecular formula is C23H27N3O3S. The van der Waals surface area contributed by atoms with Crippen LogP contribution in [0.3, 0.4) is 0 Å². The third-order valence-electron chi connectivity index (χ3n) is 4.39. The van der Waals surface area contributed by atoms with Gasteiger partial charge in [-0.3, -0.25) is 10.1 Å². The maximum absolute atomic E-state index is 12.3. The van der Waals surface area contributed by atoms with Gasteiger partial charge in [-0.1, -0.05) is 31.2 Å². The van der Waals surface area contributed by atoms with Gasteiger partial charge in [0, 0.05) is 17.5 Å². The number of carbonyl (C=O) groups is 1. The van der Waals surface area contributed by atoms with E-state index in [4.69, 9.17) is 9.47 Å². The largest absolute Gasteiger partial charge is 0.492 e. The first-order chi connectivity index (χ1) is 14.5. The average Bonchev–Trinajstić information content (AvgIpc) is 3.20. The number of aromatic nitrogens is 1. The number of aryl methyl sites for hydroxylation is 1. The summed E-state index contributed by atoms with van der Waals surface area (Å²) in [6.45, 7) is 3.44. The monoisotopic (exact) mass is 425 g/mol. The van der Waals surface area contributed by atoms with E-state index in [-0.39, 0.29) is 12.5 Å². The second kappa shape index (κ2) is 10.8. The molecule has 0 aliphatic carbocycles. The molecule has 1 heterocycles. The number of nitrogens with one attached hydrogen (secondary N) is 1. The molecule has 6 nitrogen and oxygen atoms in total. The molecule has 7 heteroatoms. The summed E-state index contributed by atoms with van der Waals surface area (Å²) >= 11 is 1.38. The highest BCUT2D eigenvalue weighted by atomic mass is 32.1. The molecule has 0 aliphatic heterocycles. The number of para-hydroxylation sites is 1. The van der Waals surface area contributed by atoms with E-state index < -0.39 is 0 Å². The summed E-state index contributed by atoms with van der Waals surface area (Å²) in [7, 11) is 4.02. The van der Waals surface area contributed by atoms with Gasteiger partial charge >= 0.3 is 0 Å². The van der Waals surface area contributed by atoms with Crippen molar-refractivity contribution in [2.24, 2.45) is 0 Å². The summed E-state index contributed by atoms with van der Waals surface area (Å²) in [6.07, 6.45) is 0.922. The van der Waals surface area contributed by atoms with Crippen molar-refractivity contribution >= 4 is 22.4 Å². The van der Waals surface area contributed by atoms with Crippen molar-refractivity contribution in [1.29, 1.82) is 0 Å². The minimum Gasteiger partial charge on any atom is -0.492 e. The van der Waals surface area contributed by atoms with Gasteiger partial charge in [-0.05, 0) is 50.3 Å². The zero-order chi connectivity index (χ0) is 21.3. The van der Waals surface area contributed by atoms with Crippen molar-refractivity contribution in [2.45, 2.75) is 13.3 Å². The Labute approximate surface area is 181 Å². The first kappa shape index (κ1) is 21.8. The molecule has 0 spiro atoms. The Hall–Kier alpha value is -2.90. The Morgan fingerprint density at radius 3 is 2.77 bits per heavy atom. The Balaban J connectivity index is 1.59. The highest BCUT2D eigenvalue weighted by Crippen LogP contribution is 2.32. The summed E-state index contributed by atoms with van der Waals surface area (Å²) < 4.78 is 11.5. The quantitative estimate of drug-likeness (QED) is 0.524. The van der Waals surface area contributed by atoms with Crippen LogP contribution in [0.15, 0.2) is 53.9 Å². The second-order valence-electron chi connectivity index (χ2n) is 7.02. The molecule has 0 bridgehead atoms. The van der Waals surface area contributed by atoms with Crippen LogP contribution in [0.5, 0.6) is 11.5 Å². The number of carbonyl (C=O) groups excluding carboxylic acids is 1. The summed E-state index contributed by atoms with van der Waals surface area (Å²) in [4.78, 5) is 18.9. The van der Waals surface area contributed by atoms with Crippen molar-refractivity contribution in [1.82, 2.24) is 9.88 Å². The zero-order valence-corrected chi connectivity index (χ0v) is 18.4. The van der Waals surface area contributed by atoms with Crippen LogP contribution < -0.4 is 14.8 Å². The number of likely N-dealkylation sites (N-methyl/N-ethyl adjacent to an activating group) is 1. The van der Waals surface area contributed by atoms with Gasteiger partial charge in [-0.25, -0.2) is 4.98 Å². The molecule has 1 amide bonds. The summed E-state index contributed by atoms with van der Waals surface area (Å²) in [5, 5.41) is 5.25. The zero-order valence-electron chi connectivity index (χ0n) is 17.6. The van der Waals surface area contributed by atoms with Gasteiger partial charge in [0.1, 0.15) is 18.1 Å². The molecule has 30 heavy (non-hydrogen) atoms. The third-order valence-corrected chi connectivity index (χ3v) is 5.14. The van der Waals surface area contributed by atoms with Crippen molar-refractivity contribution in [3.8, 4) is 22.8 Å². The van der Waals surface area contributed by atoms with E-state index in [0.717, 1.165) is 30.0 Å². The van der Waals surface area contributed by atoms with E-state index in [9.17, 15) is 4.79 Å². The molecule has 158 valence electrons. The van der Waals surface area contributed by atoms with Crippen LogP contribution in [0.4, 0.5) is 5.13 Å². The van der Waals surface area contributed by atoms with E-state index in [1.807, 2.05) is 68.0 Å². The van der Waals surface area contributed by atoms with Crippen LogP contribution in [0.25, 0.3) is 11.3 Å². The van der Waals surface area contributed by atoms with Gasteiger partial charge in [0.25, 0.3) is 5.91 Å². The first-order valence-corrected chi connectivity index (χ1v) is 10.8. The van der Waals surface area contributed by atoms with E-state index in [1.165, 1.54) is 16.9 Å². The van der Waals surface area contributed by atoms with Gasteiger partial charge in [-0.2, -0.15) is 0 Å². The highest BCUT2D eigenvalue weighted by Gasteiger charge is 2.12. The average molecular weight is 426 g/mol. The maximum Gasteiger partial charge on any atom is 0.264 e.